The second-order valence-electron chi connectivity index (χ2n) is 16.5. The number of carbonyl (C=O) groups is 4. The van der Waals surface area contributed by atoms with Crippen molar-refractivity contribution in [3.63, 3.8) is 0 Å². The van der Waals surface area contributed by atoms with E-state index < -0.39 is 68.8 Å². The number of hydrogen-bond donors (Lipinski definition) is 3. The molecule has 8 aliphatic rings. The summed E-state index contributed by atoms with van der Waals surface area (Å²) in [7, 11) is 0. The van der Waals surface area contributed by atoms with Gasteiger partial charge in [0.2, 0.25) is 5.79 Å². The van der Waals surface area contributed by atoms with Gasteiger partial charge in [-0.05, 0) is 74.3 Å². The van der Waals surface area contributed by atoms with Crippen molar-refractivity contribution in [2.75, 3.05) is 6.61 Å². The Morgan fingerprint density at radius 1 is 0.956 bits per heavy atom. The normalized spacial score (nSPS) is 48.1. The van der Waals surface area contributed by atoms with E-state index in [1.54, 1.807) is 12.1 Å². The van der Waals surface area contributed by atoms with E-state index in [0.29, 0.717) is 50.5 Å². The van der Waals surface area contributed by atoms with Crippen LogP contribution in [-0.4, -0.2) is 63.8 Å². The first kappa shape index (κ1) is 29.8. The van der Waals surface area contributed by atoms with Crippen LogP contribution in [0.4, 0.5) is 0 Å². The van der Waals surface area contributed by atoms with Crippen LogP contribution >= 0.6 is 0 Å². The molecule has 2 aliphatic heterocycles. The van der Waals surface area contributed by atoms with Crippen LogP contribution in [0.15, 0.2) is 30.3 Å². The molecule has 45 heavy (non-hydrogen) atoms. The van der Waals surface area contributed by atoms with Crippen molar-refractivity contribution < 1.29 is 38.9 Å². The summed E-state index contributed by atoms with van der Waals surface area (Å²) in [5.74, 6) is -4.98. The number of hydrogen-bond acceptors (Lipinski definition) is 8. The van der Waals surface area contributed by atoms with Gasteiger partial charge in [0.25, 0.3) is 5.91 Å². The summed E-state index contributed by atoms with van der Waals surface area (Å²) in [5.41, 5.74) is -4.45. The van der Waals surface area contributed by atoms with Gasteiger partial charge < -0.3 is 25.0 Å². The van der Waals surface area contributed by atoms with Crippen LogP contribution < -0.4 is 5.32 Å². The molecule has 242 valence electrons. The van der Waals surface area contributed by atoms with Crippen molar-refractivity contribution in [3.8, 4) is 0 Å². The second kappa shape index (κ2) is 9.04. The minimum atomic E-state index is -2.14. The van der Waals surface area contributed by atoms with E-state index in [1.807, 2.05) is 45.9 Å². The Morgan fingerprint density at radius 3 is 2.33 bits per heavy atom. The van der Waals surface area contributed by atoms with E-state index in [1.165, 1.54) is 0 Å². The molecule has 1 aromatic rings. The highest BCUT2D eigenvalue weighted by Crippen LogP contribution is 2.87. The molecule has 2 bridgehead atoms. The third kappa shape index (κ3) is 3.17. The number of rotatable bonds is 4. The zero-order valence-electron chi connectivity index (χ0n) is 26.6. The Labute approximate surface area is 263 Å². The standard InChI is InChI=1S/C36H45NO8/c1-31(2)17-16-24(38)33-18-44-36(43,27(39)26(31)33)34-23(33)15-14-22-25(34)35(30(34)42,32(22,3)4)45-29(41)20-10-12-21(13-11-20)37-28(40)19-8-6-5-7-9-19/h5-9,20-23,25-27,39,43H,10-18H2,1-4H3,(H,37,40). The zero-order chi connectivity index (χ0) is 31.9. The summed E-state index contributed by atoms with van der Waals surface area (Å²) in [6.07, 6.45) is 3.24. The highest BCUT2D eigenvalue weighted by atomic mass is 16.6. The molecule has 3 N–H and O–H groups in total. The topological polar surface area (TPSA) is 139 Å². The van der Waals surface area contributed by atoms with Crippen LogP contribution in [-0.2, 0) is 23.9 Å². The summed E-state index contributed by atoms with van der Waals surface area (Å²) < 4.78 is 12.5. The Bertz CT molecular complexity index is 1500. The van der Waals surface area contributed by atoms with Crippen LogP contribution in [0.1, 0.15) is 89.4 Å². The average molecular weight is 620 g/mol. The number of Topliss-reactive ketones (excluding diaryl/α,β-unsaturated/α-hetero) is 2. The number of aliphatic hydroxyl groups excluding tert-OH is 1. The molecule has 2 saturated heterocycles. The lowest BCUT2D eigenvalue weighted by Crippen LogP contribution is -2.99. The fraction of sp³-hybridized carbons (Fsp3) is 0.722. The number of carbonyl (C=O) groups excluding carboxylic acids is 4. The minimum absolute atomic E-state index is 0.00477. The van der Waals surface area contributed by atoms with Crippen molar-refractivity contribution in [2.24, 2.45) is 51.2 Å². The Hall–Kier alpha value is -2.62. The van der Waals surface area contributed by atoms with Crippen LogP contribution in [0.2, 0.25) is 0 Å². The maximum absolute atomic E-state index is 14.9. The number of esters is 1. The molecular weight excluding hydrogens is 574 g/mol. The molecule has 8 fully saturated rings. The molecule has 1 aromatic carbocycles. The zero-order valence-corrected chi connectivity index (χ0v) is 26.6. The molecule has 9 nitrogen and oxygen atoms in total. The van der Waals surface area contributed by atoms with Gasteiger partial charge in [-0.25, -0.2) is 0 Å². The highest BCUT2D eigenvalue weighted by molar-refractivity contribution is 6.07. The van der Waals surface area contributed by atoms with Crippen LogP contribution in [0, 0.1) is 51.2 Å². The lowest BCUT2D eigenvalue weighted by atomic mass is 9.18. The second-order valence-corrected chi connectivity index (χ2v) is 16.5. The molecule has 0 aromatic heterocycles. The van der Waals surface area contributed by atoms with E-state index in [4.69, 9.17) is 9.47 Å². The van der Waals surface area contributed by atoms with Crippen molar-refractivity contribution in [2.45, 2.75) is 103 Å². The van der Waals surface area contributed by atoms with E-state index in [2.05, 4.69) is 5.32 Å². The molecular formula is C36H45NO8. The van der Waals surface area contributed by atoms with Crippen molar-refractivity contribution in [3.05, 3.63) is 35.9 Å². The Kier molecular flexibility index (Phi) is 5.98. The minimum Gasteiger partial charge on any atom is -0.450 e. The Balaban J connectivity index is 1.06. The maximum atomic E-state index is 14.9. The molecule has 6 saturated carbocycles. The van der Waals surface area contributed by atoms with Gasteiger partial charge >= 0.3 is 5.97 Å². The SMILES string of the molecule is CC1(C)CCC(=O)C23COC(O)(C(O)C12)C12C(=O)C4(OC(=O)C5CCC(NC(=O)c6ccccc6)CC5)C1C(CCC32)C4(C)C. The molecule has 2 heterocycles. The van der Waals surface area contributed by atoms with Gasteiger partial charge in [-0.1, -0.05) is 45.9 Å². The first-order valence-corrected chi connectivity index (χ1v) is 16.9. The first-order chi connectivity index (χ1) is 21.2. The third-order valence-corrected chi connectivity index (χ3v) is 14.3. The molecule has 9 unspecified atom stereocenters. The smallest absolute Gasteiger partial charge is 0.309 e. The van der Waals surface area contributed by atoms with Crippen LogP contribution in [0.3, 0.4) is 0 Å². The molecule has 2 spiro atoms. The molecule has 9 heteroatoms. The summed E-state index contributed by atoms with van der Waals surface area (Å²) in [6.45, 7) is 8.04. The van der Waals surface area contributed by atoms with Crippen LogP contribution in [0.25, 0.3) is 0 Å². The number of fused-ring (bicyclic) bond motifs is 1. The van der Waals surface area contributed by atoms with Crippen molar-refractivity contribution in [1.82, 2.24) is 5.32 Å². The number of benzene rings is 1. The van der Waals surface area contributed by atoms with Gasteiger partial charge in [-0.15, -0.1) is 0 Å². The number of ether oxygens (including phenoxy) is 2. The number of nitrogens with one attached hydrogen (secondary N) is 1. The van der Waals surface area contributed by atoms with Crippen molar-refractivity contribution in [1.29, 1.82) is 0 Å². The fourth-order valence-corrected chi connectivity index (χ4v) is 12.3. The average Bonchev–Trinajstić information content (AvgIpc) is 3.02. The monoisotopic (exact) mass is 619 g/mol. The quantitative estimate of drug-likeness (QED) is 0.435. The largest absolute Gasteiger partial charge is 0.450 e. The van der Waals surface area contributed by atoms with Crippen molar-refractivity contribution >= 4 is 23.4 Å². The first-order valence-electron chi connectivity index (χ1n) is 16.9. The number of aliphatic hydroxyl groups is 2. The summed E-state index contributed by atoms with van der Waals surface area (Å²) in [6, 6.07) is 9.00. The molecule has 1 amide bonds. The lowest BCUT2D eigenvalue weighted by molar-refractivity contribution is -0.488. The molecule has 9 rings (SSSR count). The van der Waals surface area contributed by atoms with Gasteiger partial charge in [-0.2, -0.15) is 0 Å². The van der Waals surface area contributed by atoms with Gasteiger partial charge in [0.15, 0.2) is 11.4 Å². The number of amides is 1. The predicted octanol–water partition coefficient (Wildman–Crippen LogP) is 3.59. The van der Waals surface area contributed by atoms with Gasteiger partial charge in [0, 0.05) is 35.3 Å². The third-order valence-electron chi connectivity index (χ3n) is 14.3. The van der Waals surface area contributed by atoms with Gasteiger partial charge in [0.1, 0.15) is 17.3 Å². The molecule has 9 atom stereocenters. The summed E-state index contributed by atoms with van der Waals surface area (Å²) in [4.78, 5) is 55.4. The van der Waals surface area contributed by atoms with Crippen LogP contribution in [0.5, 0.6) is 0 Å². The van der Waals surface area contributed by atoms with Gasteiger partial charge in [0.05, 0.1) is 17.9 Å². The predicted molar refractivity (Wildman–Crippen MR) is 160 cm³/mol. The maximum Gasteiger partial charge on any atom is 0.309 e. The van der Waals surface area contributed by atoms with E-state index in [0.717, 1.165) is 6.42 Å². The van der Waals surface area contributed by atoms with E-state index in [-0.39, 0.29) is 36.0 Å². The summed E-state index contributed by atoms with van der Waals surface area (Å²) in [5, 5.41) is 27.4. The summed E-state index contributed by atoms with van der Waals surface area (Å²) >= 11 is 0. The number of ketones is 2. The van der Waals surface area contributed by atoms with E-state index in [9.17, 15) is 29.4 Å². The Morgan fingerprint density at radius 2 is 1.64 bits per heavy atom. The lowest BCUT2D eigenvalue weighted by Gasteiger charge is -2.87. The van der Waals surface area contributed by atoms with E-state index >= 15 is 0 Å². The molecule has 0 radical (unpaired) electrons. The fourth-order valence-electron chi connectivity index (χ4n) is 12.3. The van der Waals surface area contributed by atoms with Gasteiger partial charge in [-0.3, -0.25) is 19.2 Å². The highest BCUT2D eigenvalue weighted by Gasteiger charge is 2.99. The molecule has 6 aliphatic carbocycles.